The number of aliphatic hydroxyl groups is 1. The van der Waals surface area contributed by atoms with Crippen LogP contribution in [0.5, 0.6) is 0 Å². The molecular weight excluding hydrogens is 338 g/mol. The van der Waals surface area contributed by atoms with Gasteiger partial charge in [-0.05, 0) is 56.7 Å². The number of imidazole rings is 1. The number of nitrogens with zero attached hydrogens (tertiary/aromatic N) is 4. The molecule has 0 saturated heterocycles. The highest BCUT2D eigenvalue weighted by Crippen LogP contribution is 2.30. The molecule has 2 heterocycles. The molecule has 0 aliphatic carbocycles. The summed E-state index contributed by atoms with van der Waals surface area (Å²) in [5.41, 5.74) is -0.113. The Bertz CT molecular complexity index is 1010. The van der Waals surface area contributed by atoms with Crippen molar-refractivity contribution in [3.05, 3.63) is 60.3 Å². The van der Waals surface area contributed by atoms with E-state index in [9.17, 15) is 13.9 Å². The quantitative estimate of drug-likeness (QED) is 0.713. The van der Waals surface area contributed by atoms with Gasteiger partial charge < -0.3 is 5.11 Å². The molecule has 3 aromatic rings. The van der Waals surface area contributed by atoms with Crippen LogP contribution in [-0.4, -0.2) is 25.4 Å². The molecule has 7 heteroatoms. The summed E-state index contributed by atoms with van der Waals surface area (Å²) in [5, 5.41) is 14.2. The Morgan fingerprint density at radius 2 is 1.92 bits per heavy atom. The Morgan fingerprint density at radius 3 is 2.50 bits per heavy atom. The zero-order valence-electron chi connectivity index (χ0n) is 14.7. The number of benzene rings is 1. The van der Waals surface area contributed by atoms with Crippen molar-refractivity contribution in [1.29, 1.82) is 0 Å². The van der Waals surface area contributed by atoms with Crippen LogP contribution in [0, 0.1) is 11.6 Å². The zero-order valence-corrected chi connectivity index (χ0v) is 14.7. The van der Waals surface area contributed by atoms with E-state index in [1.54, 1.807) is 25.3 Å². The number of allylic oxidation sites excluding steroid dienone is 1. The summed E-state index contributed by atoms with van der Waals surface area (Å²) in [6.07, 6.45) is 3.13. The Balaban J connectivity index is 2.17. The molecule has 5 nitrogen and oxygen atoms in total. The van der Waals surface area contributed by atoms with E-state index in [4.69, 9.17) is 0 Å². The number of rotatable bonds is 4. The lowest BCUT2D eigenvalue weighted by molar-refractivity contribution is 0.0779. The summed E-state index contributed by atoms with van der Waals surface area (Å²) in [5.74, 6) is -1.32. The maximum atomic E-state index is 14.6. The third-order valence-corrected chi connectivity index (χ3v) is 3.94. The highest BCUT2D eigenvalue weighted by molar-refractivity contribution is 5.93. The van der Waals surface area contributed by atoms with Crippen LogP contribution in [0.2, 0.25) is 0 Å². The molecule has 1 N–H and O–H groups in total. The molecule has 0 bridgehead atoms. The summed E-state index contributed by atoms with van der Waals surface area (Å²) < 4.78 is 30.5. The average Bonchev–Trinajstić information content (AvgIpc) is 2.95. The van der Waals surface area contributed by atoms with Crippen LogP contribution in [0.3, 0.4) is 0 Å². The number of aromatic nitrogens is 3. The van der Waals surface area contributed by atoms with Gasteiger partial charge in [-0.3, -0.25) is 0 Å². The second-order valence-electron chi connectivity index (χ2n) is 6.44. The molecular formula is C19H18F2N4O. The molecule has 0 saturated carbocycles. The highest BCUT2D eigenvalue weighted by atomic mass is 19.1. The minimum atomic E-state index is -1.36. The first-order chi connectivity index (χ1) is 12.2. The third kappa shape index (κ3) is 3.25. The maximum absolute atomic E-state index is 14.6. The van der Waals surface area contributed by atoms with E-state index in [2.05, 4.69) is 21.7 Å². The van der Waals surface area contributed by atoms with E-state index in [0.717, 1.165) is 12.1 Å². The number of halogens is 2. The van der Waals surface area contributed by atoms with Gasteiger partial charge in [-0.2, -0.15) is 9.61 Å². The van der Waals surface area contributed by atoms with Crippen LogP contribution in [0.25, 0.3) is 16.8 Å². The van der Waals surface area contributed by atoms with Crippen LogP contribution in [-0.2, 0) is 5.60 Å². The standard InChI is InChI=1S/C19H18F2N4O/c1-5-11(2)23-18-22-10-13-6-7-16(24-25(13)18)17-14(20)8-12(9-15(17)21)19(3,4)26/h5-10,26H,1H2,2-4H3. The van der Waals surface area contributed by atoms with Crippen LogP contribution < -0.4 is 0 Å². The van der Waals surface area contributed by atoms with Gasteiger partial charge in [0.15, 0.2) is 0 Å². The topological polar surface area (TPSA) is 62.8 Å². The van der Waals surface area contributed by atoms with Crippen LogP contribution in [0.4, 0.5) is 14.7 Å². The second-order valence-corrected chi connectivity index (χ2v) is 6.44. The van der Waals surface area contributed by atoms with Gasteiger partial charge in [-0.15, -0.1) is 0 Å². The lowest BCUT2D eigenvalue weighted by Gasteiger charge is -2.19. The summed E-state index contributed by atoms with van der Waals surface area (Å²) >= 11 is 0. The fourth-order valence-corrected chi connectivity index (χ4v) is 2.45. The molecule has 0 atom stereocenters. The van der Waals surface area contributed by atoms with Gasteiger partial charge in [0.1, 0.15) is 11.6 Å². The molecule has 2 aromatic heterocycles. The molecule has 0 fully saturated rings. The van der Waals surface area contributed by atoms with Gasteiger partial charge in [0.2, 0.25) is 0 Å². The molecule has 134 valence electrons. The highest BCUT2D eigenvalue weighted by Gasteiger charge is 2.22. The fourth-order valence-electron chi connectivity index (χ4n) is 2.45. The predicted molar refractivity (Wildman–Crippen MR) is 96.5 cm³/mol. The minimum absolute atomic E-state index is 0.0977. The zero-order chi connectivity index (χ0) is 19.1. The van der Waals surface area contributed by atoms with Crippen LogP contribution in [0.1, 0.15) is 26.3 Å². The van der Waals surface area contributed by atoms with E-state index in [-0.39, 0.29) is 22.8 Å². The molecule has 0 aliphatic rings. The van der Waals surface area contributed by atoms with E-state index < -0.39 is 17.2 Å². The van der Waals surface area contributed by atoms with Crippen molar-refractivity contribution >= 4 is 17.2 Å². The van der Waals surface area contributed by atoms with Gasteiger partial charge in [0, 0.05) is 5.71 Å². The lowest BCUT2D eigenvalue weighted by atomic mass is 9.96. The molecule has 3 rings (SSSR count). The van der Waals surface area contributed by atoms with Crippen molar-refractivity contribution in [3.8, 4) is 11.3 Å². The SMILES string of the molecule is C=CC(C)=Nc1ncc2ccc(-c3c(F)cc(C(C)(C)O)cc3F)nn12. The van der Waals surface area contributed by atoms with Gasteiger partial charge in [-0.25, -0.2) is 18.8 Å². The first kappa shape index (κ1) is 17.9. The number of fused-ring (bicyclic) bond motifs is 1. The fraction of sp³-hybridized carbons (Fsp3) is 0.211. The molecule has 1 aromatic carbocycles. The number of hydrogen-bond acceptors (Lipinski definition) is 4. The smallest absolute Gasteiger partial charge is 0.251 e. The van der Waals surface area contributed by atoms with Gasteiger partial charge in [0.05, 0.1) is 28.6 Å². The Kier molecular flexibility index (Phi) is 4.41. The van der Waals surface area contributed by atoms with Crippen LogP contribution in [0.15, 0.2) is 48.1 Å². The van der Waals surface area contributed by atoms with Gasteiger partial charge in [0.25, 0.3) is 5.95 Å². The summed E-state index contributed by atoms with van der Waals surface area (Å²) in [6.45, 7) is 8.31. The Labute approximate surface area is 149 Å². The lowest BCUT2D eigenvalue weighted by Crippen LogP contribution is -2.16. The minimum Gasteiger partial charge on any atom is -0.386 e. The molecule has 26 heavy (non-hydrogen) atoms. The van der Waals surface area contributed by atoms with Crippen molar-refractivity contribution in [1.82, 2.24) is 14.6 Å². The normalized spacial score (nSPS) is 12.6. The first-order valence-electron chi connectivity index (χ1n) is 7.95. The summed E-state index contributed by atoms with van der Waals surface area (Å²) in [7, 11) is 0. The first-order valence-corrected chi connectivity index (χ1v) is 7.95. The van der Waals surface area contributed by atoms with E-state index in [1.807, 2.05) is 0 Å². The van der Waals surface area contributed by atoms with E-state index >= 15 is 0 Å². The summed E-state index contributed by atoms with van der Waals surface area (Å²) in [4.78, 5) is 8.41. The van der Waals surface area contributed by atoms with Crippen molar-refractivity contribution in [2.45, 2.75) is 26.4 Å². The largest absolute Gasteiger partial charge is 0.386 e. The molecule has 0 radical (unpaired) electrons. The van der Waals surface area contributed by atoms with E-state index in [0.29, 0.717) is 11.2 Å². The molecule has 0 spiro atoms. The number of hydrogen-bond donors (Lipinski definition) is 1. The summed E-state index contributed by atoms with van der Waals surface area (Å²) in [6, 6.07) is 5.38. The third-order valence-electron chi connectivity index (χ3n) is 3.94. The van der Waals surface area contributed by atoms with Gasteiger partial charge >= 0.3 is 0 Å². The maximum Gasteiger partial charge on any atom is 0.251 e. The monoisotopic (exact) mass is 356 g/mol. The molecule has 0 amide bonds. The van der Waals surface area contributed by atoms with Crippen molar-refractivity contribution in [2.24, 2.45) is 4.99 Å². The van der Waals surface area contributed by atoms with Crippen molar-refractivity contribution in [2.75, 3.05) is 0 Å². The predicted octanol–water partition coefficient (Wildman–Crippen LogP) is 4.18. The van der Waals surface area contributed by atoms with E-state index in [1.165, 1.54) is 24.4 Å². The molecule has 0 aliphatic heterocycles. The second kappa shape index (κ2) is 6.42. The van der Waals surface area contributed by atoms with Crippen LogP contribution >= 0.6 is 0 Å². The van der Waals surface area contributed by atoms with Crippen molar-refractivity contribution < 1.29 is 13.9 Å². The number of aliphatic imine (C=N–C) groups is 1. The van der Waals surface area contributed by atoms with Crippen molar-refractivity contribution in [3.63, 3.8) is 0 Å². The Hall–Kier alpha value is -2.93. The molecule has 0 unspecified atom stereocenters. The average molecular weight is 356 g/mol. The Morgan fingerprint density at radius 1 is 1.27 bits per heavy atom. The van der Waals surface area contributed by atoms with Gasteiger partial charge in [-0.1, -0.05) is 6.58 Å².